The maximum atomic E-state index is 10.9. The SMILES string of the molecule is C=C/C=C\C(=C)CCN(N)C(=O)OC. The second-order valence-electron chi connectivity index (χ2n) is 2.67. The Labute approximate surface area is 84.3 Å². The van der Waals surface area contributed by atoms with Gasteiger partial charge in [-0.25, -0.2) is 15.6 Å². The Morgan fingerprint density at radius 2 is 2.29 bits per heavy atom. The fourth-order valence-corrected chi connectivity index (χ4v) is 0.760. The summed E-state index contributed by atoms with van der Waals surface area (Å²) in [4.78, 5) is 10.9. The van der Waals surface area contributed by atoms with Gasteiger partial charge in [-0.1, -0.05) is 37.0 Å². The Morgan fingerprint density at radius 1 is 1.64 bits per heavy atom. The molecule has 0 aliphatic carbocycles. The highest BCUT2D eigenvalue weighted by Gasteiger charge is 2.07. The Morgan fingerprint density at radius 3 is 2.79 bits per heavy atom. The van der Waals surface area contributed by atoms with Gasteiger partial charge in [0.25, 0.3) is 0 Å². The van der Waals surface area contributed by atoms with Gasteiger partial charge in [0.05, 0.1) is 7.11 Å². The summed E-state index contributed by atoms with van der Waals surface area (Å²) in [6, 6.07) is 0. The minimum absolute atomic E-state index is 0.382. The summed E-state index contributed by atoms with van der Waals surface area (Å²) in [5, 5.41) is 1.01. The Balaban J connectivity index is 3.82. The molecule has 0 unspecified atom stereocenters. The van der Waals surface area contributed by atoms with E-state index in [1.165, 1.54) is 7.11 Å². The molecular weight excluding hydrogens is 180 g/mol. The summed E-state index contributed by atoms with van der Waals surface area (Å²) >= 11 is 0. The molecule has 78 valence electrons. The minimum atomic E-state index is -0.550. The minimum Gasteiger partial charge on any atom is -0.452 e. The number of carbonyl (C=O) groups excluding carboxylic acids is 1. The van der Waals surface area contributed by atoms with Crippen LogP contribution in [0.3, 0.4) is 0 Å². The second kappa shape index (κ2) is 6.91. The Hall–Kier alpha value is -1.55. The Bertz CT molecular complexity index is 247. The molecule has 0 aromatic rings. The first-order valence-electron chi connectivity index (χ1n) is 4.19. The summed E-state index contributed by atoms with van der Waals surface area (Å²) < 4.78 is 4.42. The van der Waals surface area contributed by atoms with E-state index in [4.69, 9.17) is 5.84 Å². The van der Waals surface area contributed by atoms with Gasteiger partial charge >= 0.3 is 6.09 Å². The number of nitrogens with two attached hydrogens (primary N) is 1. The van der Waals surface area contributed by atoms with Crippen molar-refractivity contribution in [1.29, 1.82) is 0 Å². The van der Waals surface area contributed by atoms with Crippen molar-refractivity contribution in [3.8, 4) is 0 Å². The van der Waals surface area contributed by atoms with E-state index >= 15 is 0 Å². The van der Waals surface area contributed by atoms with Crippen LogP contribution in [0.15, 0.2) is 37.0 Å². The number of ether oxygens (including phenoxy) is 1. The number of carbonyl (C=O) groups is 1. The lowest BCUT2D eigenvalue weighted by Crippen LogP contribution is -2.38. The van der Waals surface area contributed by atoms with Gasteiger partial charge in [0.2, 0.25) is 0 Å². The predicted molar refractivity (Wildman–Crippen MR) is 56.4 cm³/mol. The number of rotatable bonds is 5. The highest BCUT2D eigenvalue weighted by atomic mass is 16.5. The van der Waals surface area contributed by atoms with E-state index in [0.717, 1.165) is 10.6 Å². The first-order valence-corrected chi connectivity index (χ1v) is 4.19. The molecule has 0 bridgehead atoms. The molecular formula is C10H16N2O2. The van der Waals surface area contributed by atoms with Crippen molar-refractivity contribution in [2.45, 2.75) is 6.42 Å². The van der Waals surface area contributed by atoms with Crippen molar-refractivity contribution >= 4 is 6.09 Å². The van der Waals surface area contributed by atoms with Crippen LogP contribution < -0.4 is 5.84 Å². The molecule has 0 radical (unpaired) electrons. The van der Waals surface area contributed by atoms with Gasteiger partial charge < -0.3 is 4.74 Å². The highest BCUT2D eigenvalue weighted by molar-refractivity contribution is 5.66. The summed E-state index contributed by atoms with van der Waals surface area (Å²) in [6.45, 7) is 7.69. The van der Waals surface area contributed by atoms with Crippen LogP contribution in [-0.2, 0) is 4.74 Å². The van der Waals surface area contributed by atoms with Crippen molar-refractivity contribution in [3.63, 3.8) is 0 Å². The zero-order valence-corrected chi connectivity index (χ0v) is 8.40. The monoisotopic (exact) mass is 196 g/mol. The molecule has 0 aromatic heterocycles. The Kier molecular flexibility index (Phi) is 6.15. The van der Waals surface area contributed by atoms with Crippen molar-refractivity contribution in [1.82, 2.24) is 5.01 Å². The molecule has 0 spiro atoms. The van der Waals surface area contributed by atoms with Gasteiger partial charge in [-0.05, 0) is 6.42 Å². The number of amides is 1. The van der Waals surface area contributed by atoms with Gasteiger partial charge in [-0.2, -0.15) is 0 Å². The standard InChI is InChI=1S/C10H16N2O2/c1-4-5-6-9(2)7-8-12(11)10(13)14-3/h4-6H,1-2,7-8,11H2,3H3/b6-5-. The van der Waals surface area contributed by atoms with Gasteiger partial charge in [-0.15, -0.1) is 0 Å². The summed E-state index contributed by atoms with van der Waals surface area (Å²) in [5.41, 5.74) is 0.879. The fourth-order valence-electron chi connectivity index (χ4n) is 0.760. The van der Waals surface area contributed by atoms with Gasteiger partial charge in [0.1, 0.15) is 0 Å². The fraction of sp³-hybridized carbons (Fsp3) is 0.300. The second-order valence-corrected chi connectivity index (χ2v) is 2.67. The first kappa shape index (κ1) is 12.4. The predicted octanol–water partition coefficient (Wildman–Crippen LogP) is 1.62. The highest BCUT2D eigenvalue weighted by Crippen LogP contribution is 2.01. The van der Waals surface area contributed by atoms with E-state index < -0.39 is 6.09 Å². The van der Waals surface area contributed by atoms with Gasteiger partial charge in [0, 0.05) is 6.54 Å². The summed E-state index contributed by atoms with van der Waals surface area (Å²) in [7, 11) is 1.29. The number of allylic oxidation sites excluding steroid dienone is 3. The van der Waals surface area contributed by atoms with Crippen molar-refractivity contribution in [2.75, 3.05) is 13.7 Å². The van der Waals surface area contributed by atoms with E-state index in [2.05, 4.69) is 17.9 Å². The summed E-state index contributed by atoms with van der Waals surface area (Å²) in [6.07, 6.45) is 5.31. The molecule has 0 saturated carbocycles. The average molecular weight is 196 g/mol. The zero-order chi connectivity index (χ0) is 11.0. The largest absolute Gasteiger partial charge is 0.452 e. The van der Waals surface area contributed by atoms with Crippen LogP contribution in [0.5, 0.6) is 0 Å². The molecule has 0 rings (SSSR count). The van der Waals surface area contributed by atoms with Crippen LogP contribution in [0.2, 0.25) is 0 Å². The third-order valence-corrected chi connectivity index (χ3v) is 1.55. The molecule has 0 saturated heterocycles. The first-order chi connectivity index (χ1) is 6.61. The molecule has 0 atom stereocenters. The zero-order valence-electron chi connectivity index (χ0n) is 8.40. The molecule has 14 heavy (non-hydrogen) atoms. The molecule has 0 fully saturated rings. The topological polar surface area (TPSA) is 55.6 Å². The number of hydrazine groups is 1. The van der Waals surface area contributed by atoms with Crippen LogP contribution >= 0.6 is 0 Å². The number of methoxy groups -OCH3 is 1. The lowest BCUT2D eigenvalue weighted by Gasteiger charge is -2.14. The van der Waals surface area contributed by atoms with E-state index in [1.807, 2.05) is 6.08 Å². The molecule has 2 N–H and O–H groups in total. The van der Waals surface area contributed by atoms with Gasteiger partial charge in [0.15, 0.2) is 0 Å². The van der Waals surface area contributed by atoms with Crippen LogP contribution in [0.25, 0.3) is 0 Å². The van der Waals surface area contributed by atoms with Crippen LogP contribution in [0.1, 0.15) is 6.42 Å². The average Bonchev–Trinajstić information content (AvgIpc) is 2.21. The number of nitrogens with zero attached hydrogens (tertiary/aromatic N) is 1. The molecule has 4 heteroatoms. The molecule has 0 aliphatic heterocycles. The lowest BCUT2D eigenvalue weighted by atomic mass is 10.2. The quantitative estimate of drug-likeness (QED) is 0.314. The maximum Gasteiger partial charge on any atom is 0.423 e. The number of hydrogen-bond acceptors (Lipinski definition) is 3. The van der Waals surface area contributed by atoms with Crippen LogP contribution in [0.4, 0.5) is 4.79 Å². The van der Waals surface area contributed by atoms with E-state index in [9.17, 15) is 4.79 Å². The van der Waals surface area contributed by atoms with E-state index in [-0.39, 0.29) is 0 Å². The normalized spacial score (nSPS) is 9.86. The van der Waals surface area contributed by atoms with Gasteiger partial charge in [-0.3, -0.25) is 0 Å². The van der Waals surface area contributed by atoms with Crippen molar-refractivity contribution in [3.05, 3.63) is 37.0 Å². The molecule has 0 aromatic carbocycles. The molecule has 1 amide bonds. The molecule has 4 nitrogen and oxygen atoms in total. The third kappa shape index (κ3) is 5.16. The molecule has 0 heterocycles. The van der Waals surface area contributed by atoms with Crippen molar-refractivity contribution in [2.24, 2.45) is 5.84 Å². The lowest BCUT2D eigenvalue weighted by molar-refractivity contribution is 0.124. The van der Waals surface area contributed by atoms with Crippen molar-refractivity contribution < 1.29 is 9.53 Å². The van der Waals surface area contributed by atoms with Crippen LogP contribution in [0, 0.1) is 0 Å². The molecule has 0 aliphatic rings. The number of hydrogen-bond donors (Lipinski definition) is 1. The third-order valence-electron chi connectivity index (χ3n) is 1.55. The van der Waals surface area contributed by atoms with E-state index in [1.54, 1.807) is 12.2 Å². The van der Waals surface area contributed by atoms with Crippen LogP contribution in [-0.4, -0.2) is 24.8 Å². The van der Waals surface area contributed by atoms with E-state index in [0.29, 0.717) is 13.0 Å². The smallest absolute Gasteiger partial charge is 0.423 e. The summed E-state index contributed by atoms with van der Waals surface area (Å²) in [5.74, 6) is 5.38. The maximum absolute atomic E-state index is 10.9.